The molecule has 7 nitrogen and oxygen atoms in total. The van der Waals surface area contributed by atoms with Crippen molar-refractivity contribution in [3.8, 4) is 0 Å². The van der Waals surface area contributed by atoms with Gasteiger partial charge in [-0.05, 0) is 27.1 Å². The zero-order valence-corrected chi connectivity index (χ0v) is 10.8. The molecule has 0 heterocycles. The van der Waals surface area contributed by atoms with Crippen LogP contribution in [0.1, 0.15) is 6.42 Å². The van der Waals surface area contributed by atoms with E-state index >= 15 is 0 Å². The molecule has 7 heteroatoms. The lowest BCUT2D eigenvalue weighted by molar-refractivity contribution is -0.150. The second-order valence-corrected chi connectivity index (χ2v) is 4.36. The molecule has 4 unspecified atom stereocenters. The van der Waals surface area contributed by atoms with Crippen molar-refractivity contribution in [1.82, 2.24) is 4.90 Å². The third-order valence-electron chi connectivity index (χ3n) is 2.45. The highest BCUT2D eigenvalue weighted by atomic mass is 16.5. The largest absolute Gasteiger partial charge is 0.394 e. The summed E-state index contributed by atoms with van der Waals surface area (Å²) in [5, 5.41) is 37.0. The van der Waals surface area contributed by atoms with Gasteiger partial charge in [0, 0.05) is 6.61 Å². The Morgan fingerprint density at radius 1 is 1.28 bits per heavy atom. The molecule has 0 aromatic heterocycles. The van der Waals surface area contributed by atoms with Crippen molar-refractivity contribution in [2.75, 3.05) is 33.9 Å². The molecule has 0 bridgehead atoms. The Morgan fingerprint density at radius 2 is 1.89 bits per heavy atom. The highest BCUT2D eigenvalue weighted by Gasteiger charge is 2.32. The summed E-state index contributed by atoms with van der Waals surface area (Å²) < 4.78 is 5.20. The lowest BCUT2D eigenvalue weighted by Crippen LogP contribution is -2.48. The van der Waals surface area contributed by atoms with Crippen LogP contribution >= 0.6 is 0 Å². The predicted molar refractivity (Wildman–Crippen MR) is 64.1 cm³/mol. The first kappa shape index (κ1) is 17.4. The van der Waals surface area contributed by atoms with Crippen molar-refractivity contribution in [2.45, 2.75) is 30.8 Å². The third-order valence-corrected chi connectivity index (χ3v) is 2.45. The van der Waals surface area contributed by atoms with Gasteiger partial charge in [-0.25, -0.2) is 0 Å². The first-order valence-electron chi connectivity index (χ1n) is 5.80. The van der Waals surface area contributed by atoms with E-state index in [1.54, 1.807) is 0 Å². The fraction of sp³-hybridized carbons (Fsp3) is 0.909. The number of rotatable bonds is 10. The summed E-state index contributed by atoms with van der Waals surface area (Å²) in [5.74, 6) is 0. The molecule has 0 amide bonds. The van der Waals surface area contributed by atoms with Gasteiger partial charge in [0.15, 0.2) is 6.29 Å². The molecule has 0 aliphatic rings. The molecular weight excluding hydrogens is 242 g/mol. The molecule has 0 aromatic rings. The van der Waals surface area contributed by atoms with Gasteiger partial charge in [-0.1, -0.05) is 0 Å². The number of aliphatic hydroxyl groups excluding tert-OH is 4. The number of hydrogen-bond acceptors (Lipinski definition) is 7. The summed E-state index contributed by atoms with van der Waals surface area (Å²) in [4.78, 5) is 12.4. The van der Waals surface area contributed by atoms with Crippen LogP contribution in [0.5, 0.6) is 0 Å². The minimum Gasteiger partial charge on any atom is -0.394 e. The molecule has 0 aliphatic heterocycles. The van der Waals surface area contributed by atoms with Crippen LogP contribution in [0.2, 0.25) is 0 Å². The Morgan fingerprint density at radius 3 is 2.33 bits per heavy atom. The van der Waals surface area contributed by atoms with E-state index in [2.05, 4.69) is 0 Å². The SMILES string of the molecule is CN(C)CCCOC(C(O)C=O)C(O)C(O)CO. The second kappa shape index (κ2) is 9.37. The molecular formula is C11H23NO6. The van der Waals surface area contributed by atoms with Crippen LogP contribution in [0.4, 0.5) is 0 Å². The highest BCUT2D eigenvalue weighted by Crippen LogP contribution is 2.09. The number of hydrogen-bond donors (Lipinski definition) is 4. The van der Waals surface area contributed by atoms with Gasteiger partial charge in [0.1, 0.15) is 24.4 Å². The molecule has 0 aromatic carbocycles. The molecule has 108 valence electrons. The topological polar surface area (TPSA) is 110 Å². The standard InChI is InChI=1S/C11H23NO6/c1-12(2)4-3-5-18-11(9(16)7-14)10(17)8(15)6-13/h7-11,13,15-17H,3-6H2,1-2H3. The average Bonchev–Trinajstić information content (AvgIpc) is 2.35. The number of nitrogens with zero attached hydrogens (tertiary/aromatic N) is 1. The van der Waals surface area contributed by atoms with Crippen molar-refractivity contribution in [1.29, 1.82) is 0 Å². The first-order chi connectivity index (χ1) is 8.43. The average molecular weight is 265 g/mol. The monoisotopic (exact) mass is 265 g/mol. The van der Waals surface area contributed by atoms with Crippen LogP contribution in [-0.4, -0.2) is 89.9 Å². The van der Waals surface area contributed by atoms with Crippen molar-refractivity contribution in [3.63, 3.8) is 0 Å². The van der Waals surface area contributed by atoms with Gasteiger partial charge in [-0.3, -0.25) is 0 Å². The predicted octanol–water partition coefficient (Wildman–Crippen LogP) is -2.40. The summed E-state index contributed by atoms with van der Waals surface area (Å²) >= 11 is 0. The van der Waals surface area contributed by atoms with Crippen LogP contribution < -0.4 is 0 Å². The van der Waals surface area contributed by atoms with Crippen molar-refractivity contribution >= 4 is 6.29 Å². The van der Waals surface area contributed by atoms with Gasteiger partial charge >= 0.3 is 0 Å². The van der Waals surface area contributed by atoms with Crippen LogP contribution in [0.25, 0.3) is 0 Å². The van der Waals surface area contributed by atoms with Crippen molar-refractivity contribution in [2.24, 2.45) is 0 Å². The van der Waals surface area contributed by atoms with Crippen molar-refractivity contribution in [3.05, 3.63) is 0 Å². The summed E-state index contributed by atoms with van der Waals surface area (Å²) in [6.07, 6.45) is -4.89. The molecule has 0 radical (unpaired) electrons. The number of aliphatic hydroxyl groups is 4. The molecule has 0 aliphatic carbocycles. The van der Waals surface area contributed by atoms with Gasteiger partial charge in [0.2, 0.25) is 0 Å². The fourth-order valence-corrected chi connectivity index (χ4v) is 1.40. The number of carbonyl (C=O) groups excluding carboxylic acids is 1. The third kappa shape index (κ3) is 6.39. The van der Waals surface area contributed by atoms with E-state index in [-0.39, 0.29) is 12.9 Å². The number of ether oxygens (including phenoxy) is 1. The Balaban J connectivity index is 4.27. The van der Waals surface area contributed by atoms with Gasteiger partial charge in [-0.15, -0.1) is 0 Å². The molecule has 0 saturated heterocycles. The van der Waals surface area contributed by atoms with Gasteiger partial charge in [0.25, 0.3) is 0 Å². The smallest absolute Gasteiger partial charge is 0.151 e. The second-order valence-electron chi connectivity index (χ2n) is 4.36. The summed E-state index contributed by atoms with van der Waals surface area (Å²) in [6, 6.07) is 0. The molecule has 4 atom stereocenters. The lowest BCUT2D eigenvalue weighted by atomic mass is 10.0. The van der Waals surface area contributed by atoms with Crippen LogP contribution in [0.15, 0.2) is 0 Å². The van der Waals surface area contributed by atoms with Crippen molar-refractivity contribution < 1.29 is 30.0 Å². The Hall–Kier alpha value is -0.570. The molecule has 0 fully saturated rings. The van der Waals surface area contributed by atoms with Gasteiger partial charge in [0.05, 0.1) is 6.61 Å². The van der Waals surface area contributed by atoms with E-state index in [1.165, 1.54) is 0 Å². The van der Waals surface area contributed by atoms with Gasteiger partial charge in [-0.2, -0.15) is 0 Å². The Kier molecular flexibility index (Phi) is 9.08. The first-order valence-corrected chi connectivity index (χ1v) is 5.80. The van der Waals surface area contributed by atoms with E-state index in [9.17, 15) is 20.1 Å². The molecule has 0 spiro atoms. The quantitative estimate of drug-likeness (QED) is 0.257. The normalized spacial score (nSPS) is 18.4. The zero-order valence-electron chi connectivity index (χ0n) is 10.8. The summed E-state index contributed by atoms with van der Waals surface area (Å²) in [5.41, 5.74) is 0. The van der Waals surface area contributed by atoms with Crippen LogP contribution in [-0.2, 0) is 9.53 Å². The van der Waals surface area contributed by atoms with Crippen LogP contribution in [0, 0.1) is 0 Å². The maximum Gasteiger partial charge on any atom is 0.151 e. The maximum absolute atomic E-state index is 10.5. The van der Waals surface area contributed by atoms with E-state index in [1.807, 2.05) is 19.0 Å². The Labute approximate surface area is 107 Å². The minimum absolute atomic E-state index is 0.225. The Bertz CT molecular complexity index is 226. The molecule has 18 heavy (non-hydrogen) atoms. The lowest BCUT2D eigenvalue weighted by Gasteiger charge is -2.27. The minimum atomic E-state index is -1.54. The summed E-state index contributed by atoms with van der Waals surface area (Å²) in [6.45, 7) is 0.301. The number of carbonyl (C=O) groups is 1. The maximum atomic E-state index is 10.5. The molecule has 4 N–H and O–H groups in total. The van der Waals surface area contributed by atoms with E-state index in [0.717, 1.165) is 6.54 Å². The number of aldehydes is 1. The van der Waals surface area contributed by atoms with Gasteiger partial charge < -0.3 is 34.9 Å². The van der Waals surface area contributed by atoms with E-state index in [0.29, 0.717) is 6.42 Å². The fourth-order valence-electron chi connectivity index (χ4n) is 1.40. The molecule has 0 rings (SSSR count). The van der Waals surface area contributed by atoms with E-state index in [4.69, 9.17) is 9.84 Å². The zero-order chi connectivity index (χ0) is 14.1. The highest BCUT2D eigenvalue weighted by molar-refractivity contribution is 5.56. The summed E-state index contributed by atoms with van der Waals surface area (Å²) in [7, 11) is 3.78. The van der Waals surface area contributed by atoms with Crippen LogP contribution in [0.3, 0.4) is 0 Å². The van der Waals surface area contributed by atoms with E-state index < -0.39 is 31.0 Å². The molecule has 0 saturated carbocycles.